The molecule has 0 spiro atoms. The van der Waals surface area contributed by atoms with Crippen molar-refractivity contribution in [3.8, 4) is 0 Å². The first-order valence-corrected chi connectivity index (χ1v) is 8.37. The second-order valence-corrected chi connectivity index (χ2v) is 6.47. The third-order valence-corrected chi connectivity index (χ3v) is 4.75. The molecule has 0 saturated heterocycles. The van der Waals surface area contributed by atoms with Crippen molar-refractivity contribution in [1.82, 2.24) is 0 Å². The minimum Gasteiger partial charge on any atom is -0.382 e. The van der Waals surface area contributed by atoms with Crippen LogP contribution in [-0.4, -0.2) is 28.2 Å². The third kappa shape index (κ3) is 4.58. The highest BCUT2D eigenvalue weighted by molar-refractivity contribution is 7.86. The van der Waals surface area contributed by atoms with Crippen LogP contribution in [-0.2, 0) is 19.0 Å². The maximum Gasteiger partial charge on any atom is 0.297 e. The Morgan fingerprint density at radius 3 is 2.10 bits per heavy atom. The highest BCUT2D eigenvalue weighted by Gasteiger charge is 2.19. The normalized spacial score (nSPS) is 13.7. The molecule has 0 aliphatic rings. The lowest BCUT2D eigenvalue weighted by atomic mass is 9.94. The number of ether oxygens (including phenoxy) is 1. The molecule has 0 fully saturated rings. The van der Waals surface area contributed by atoms with Crippen molar-refractivity contribution < 1.29 is 17.3 Å². The van der Waals surface area contributed by atoms with Crippen LogP contribution in [0.3, 0.4) is 0 Å². The van der Waals surface area contributed by atoms with Crippen LogP contribution in [0.5, 0.6) is 0 Å². The Hall–Kier alpha value is -0.910. The van der Waals surface area contributed by atoms with Gasteiger partial charge in [-0.25, -0.2) is 0 Å². The van der Waals surface area contributed by atoms with Gasteiger partial charge in [0.1, 0.15) is 0 Å². The number of methoxy groups -OCH3 is 1. The van der Waals surface area contributed by atoms with Gasteiger partial charge in [-0.3, -0.25) is 4.18 Å². The summed E-state index contributed by atoms with van der Waals surface area (Å²) in [4.78, 5) is 0.190. The van der Waals surface area contributed by atoms with E-state index >= 15 is 0 Å². The first-order valence-electron chi connectivity index (χ1n) is 6.96. The summed E-state index contributed by atoms with van der Waals surface area (Å²) in [5.41, 5.74) is 1.17. The Labute approximate surface area is 122 Å². The minimum absolute atomic E-state index is 0.190. The minimum atomic E-state index is -3.72. The summed E-state index contributed by atoms with van der Waals surface area (Å²) in [7, 11) is -2.21. The van der Waals surface area contributed by atoms with Gasteiger partial charge in [0.15, 0.2) is 0 Å². The molecule has 1 rings (SSSR count). The van der Waals surface area contributed by atoms with Gasteiger partial charge in [0.05, 0.1) is 17.6 Å². The highest BCUT2D eigenvalue weighted by Crippen LogP contribution is 2.24. The Morgan fingerprint density at radius 1 is 1.10 bits per heavy atom. The van der Waals surface area contributed by atoms with Gasteiger partial charge in [-0.15, -0.1) is 0 Å². The Balaban J connectivity index is 2.86. The predicted molar refractivity (Wildman–Crippen MR) is 79.4 cm³/mol. The molecular formula is C15H24O4S. The van der Waals surface area contributed by atoms with E-state index < -0.39 is 16.2 Å². The first kappa shape index (κ1) is 17.1. The van der Waals surface area contributed by atoms with E-state index in [-0.39, 0.29) is 11.5 Å². The molecule has 0 heterocycles. The monoisotopic (exact) mass is 300 g/mol. The molecule has 5 heteroatoms. The van der Waals surface area contributed by atoms with E-state index in [4.69, 9.17) is 8.92 Å². The molecule has 1 aromatic rings. The molecule has 1 aromatic carbocycles. The topological polar surface area (TPSA) is 52.6 Å². The molecule has 0 bridgehead atoms. The second kappa shape index (κ2) is 7.76. The van der Waals surface area contributed by atoms with Gasteiger partial charge in [-0.1, -0.05) is 26.0 Å². The smallest absolute Gasteiger partial charge is 0.297 e. The van der Waals surface area contributed by atoms with Crippen molar-refractivity contribution in [3.05, 3.63) is 29.8 Å². The van der Waals surface area contributed by atoms with Crippen LogP contribution < -0.4 is 0 Å². The standard InChI is InChI=1S/C15H24O4S/c1-5-13(6-2)14-7-9-15(10-8-14)20(16,17)19-12(3)11-18-4/h7-10,12-13H,5-6,11H2,1-4H3. The van der Waals surface area contributed by atoms with Crippen LogP contribution in [0.25, 0.3) is 0 Å². The summed E-state index contributed by atoms with van der Waals surface area (Å²) in [6, 6.07) is 6.97. The summed E-state index contributed by atoms with van der Waals surface area (Å²) in [6.07, 6.45) is 1.59. The molecule has 0 saturated carbocycles. The summed E-state index contributed by atoms with van der Waals surface area (Å²) < 4.78 is 34.1. The van der Waals surface area contributed by atoms with Crippen LogP contribution in [0.4, 0.5) is 0 Å². The molecule has 0 N–H and O–H groups in total. The van der Waals surface area contributed by atoms with Gasteiger partial charge in [0.25, 0.3) is 10.1 Å². The van der Waals surface area contributed by atoms with Gasteiger partial charge in [-0.05, 0) is 43.4 Å². The zero-order valence-corrected chi connectivity index (χ0v) is 13.4. The molecule has 0 aliphatic carbocycles. The third-order valence-electron chi connectivity index (χ3n) is 3.32. The van der Waals surface area contributed by atoms with E-state index in [0.29, 0.717) is 5.92 Å². The van der Waals surface area contributed by atoms with E-state index in [1.165, 1.54) is 12.7 Å². The number of rotatable bonds is 8. The molecule has 0 radical (unpaired) electrons. The maximum absolute atomic E-state index is 12.1. The van der Waals surface area contributed by atoms with E-state index in [2.05, 4.69) is 13.8 Å². The van der Waals surface area contributed by atoms with Crippen molar-refractivity contribution >= 4 is 10.1 Å². The van der Waals surface area contributed by atoms with E-state index in [9.17, 15) is 8.42 Å². The predicted octanol–water partition coefficient (Wildman–Crippen LogP) is 3.33. The summed E-state index contributed by atoms with van der Waals surface area (Å²) >= 11 is 0. The van der Waals surface area contributed by atoms with Crippen molar-refractivity contribution in [3.63, 3.8) is 0 Å². The van der Waals surface area contributed by atoms with Gasteiger partial charge in [0, 0.05) is 7.11 Å². The van der Waals surface area contributed by atoms with Crippen LogP contribution in [0.1, 0.15) is 45.1 Å². The average Bonchev–Trinajstić information content (AvgIpc) is 2.40. The van der Waals surface area contributed by atoms with Gasteiger partial charge >= 0.3 is 0 Å². The van der Waals surface area contributed by atoms with Gasteiger partial charge < -0.3 is 4.74 Å². The SMILES string of the molecule is CCC(CC)c1ccc(S(=O)(=O)OC(C)COC)cc1. The van der Waals surface area contributed by atoms with Gasteiger partial charge in [0.2, 0.25) is 0 Å². The molecular weight excluding hydrogens is 276 g/mol. The molecule has 0 amide bonds. The Kier molecular flexibility index (Phi) is 6.65. The number of hydrogen-bond acceptors (Lipinski definition) is 4. The lowest BCUT2D eigenvalue weighted by Gasteiger charge is -2.14. The van der Waals surface area contributed by atoms with E-state index in [1.807, 2.05) is 12.1 Å². The fraction of sp³-hybridized carbons (Fsp3) is 0.600. The summed E-state index contributed by atoms with van der Waals surface area (Å²) in [5, 5.41) is 0. The van der Waals surface area contributed by atoms with Crippen molar-refractivity contribution in [2.24, 2.45) is 0 Å². The maximum atomic E-state index is 12.1. The zero-order valence-electron chi connectivity index (χ0n) is 12.6. The second-order valence-electron chi connectivity index (χ2n) is 4.90. The van der Waals surface area contributed by atoms with Crippen LogP contribution >= 0.6 is 0 Å². The lowest BCUT2D eigenvalue weighted by molar-refractivity contribution is 0.0962. The van der Waals surface area contributed by atoms with E-state index in [0.717, 1.165) is 12.8 Å². The van der Waals surface area contributed by atoms with E-state index in [1.54, 1.807) is 19.1 Å². The highest BCUT2D eigenvalue weighted by atomic mass is 32.2. The molecule has 1 unspecified atom stereocenters. The summed E-state index contributed by atoms with van der Waals surface area (Å²) in [6.45, 7) is 6.17. The quantitative estimate of drug-likeness (QED) is 0.691. The summed E-state index contributed by atoms with van der Waals surface area (Å²) in [5.74, 6) is 0.472. The average molecular weight is 300 g/mol. The number of hydrogen-bond donors (Lipinski definition) is 0. The molecule has 0 aliphatic heterocycles. The number of benzene rings is 1. The molecule has 1 atom stereocenters. The van der Waals surface area contributed by atoms with Crippen molar-refractivity contribution in [2.75, 3.05) is 13.7 Å². The molecule has 0 aromatic heterocycles. The molecule has 114 valence electrons. The fourth-order valence-electron chi connectivity index (χ4n) is 2.20. The largest absolute Gasteiger partial charge is 0.382 e. The first-order chi connectivity index (χ1) is 9.44. The zero-order chi connectivity index (χ0) is 15.2. The Morgan fingerprint density at radius 2 is 1.65 bits per heavy atom. The van der Waals surface area contributed by atoms with Crippen LogP contribution in [0.2, 0.25) is 0 Å². The van der Waals surface area contributed by atoms with Gasteiger partial charge in [-0.2, -0.15) is 8.42 Å². The molecule has 4 nitrogen and oxygen atoms in total. The van der Waals surface area contributed by atoms with Crippen LogP contribution in [0, 0.1) is 0 Å². The van der Waals surface area contributed by atoms with Crippen molar-refractivity contribution in [1.29, 1.82) is 0 Å². The lowest BCUT2D eigenvalue weighted by Crippen LogP contribution is -2.20. The van der Waals surface area contributed by atoms with Crippen LogP contribution in [0.15, 0.2) is 29.2 Å². The van der Waals surface area contributed by atoms with Crippen molar-refractivity contribution in [2.45, 2.75) is 50.5 Å². The fourth-order valence-corrected chi connectivity index (χ4v) is 3.27. The molecule has 20 heavy (non-hydrogen) atoms. The Bertz CT molecular complexity index is 489.